The molecule has 0 aliphatic heterocycles. The summed E-state index contributed by atoms with van der Waals surface area (Å²) in [7, 11) is 0. The molecule has 98 valence electrons. The van der Waals surface area contributed by atoms with Crippen molar-refractivity contribution in [1.29, 1.82) is 0 Å². The van der Waals surface area contributed by atoms with Crippen molar-refractivity contribution < 1.29 is 9.90 Å². The van der Waals surface area contributed by atoms with Gasteiger partial charge in [0.15, 0.2) is 5.78 Å². The number of carbonyl (C=O) groups is 1. The van der Waals surface area contributed by atoms with Gasteiger partial charge >= 0.3 is 0 Å². The Hall–Kier alpha value is -1.93. The minimum Gasteiger partial charge on any atom is -0.382 e. The molecule has 0 saturated carbocycles. The molecule has 0 amide bonds. The fraction of sp³-hybridized carbons (Fsp3) is 0.235. The van der Waals surface area contributed by atoms with Gasteiger partial charge in [-0.1, -0.05) is 60.2 Å². The molecule has 19 heavy (non-hydrogen) atoms. The fourth-order valence-electron chi connectivity index (χ4n) is 2.08. The Labute approximate surface area is 113 Å². The van der Waals surface area contributed by atoms with Crippen LogP contribution < -0.4 is 0 Å². The van der Waals surface area contributed by atoms with Crippen LogP contribution in [0.5, 0.6) is 0 Å². The zero-order valence-corrected chi connectivity index (χ0v) is 11.3. The molecule has 0 aliphatic rings. The zero-order valence-electron chi connectivity index (χ0n) is 11.3. The molecule has 0 bridgehead atoms. The lowest BCUT2D eigenvalue weighted by molar-refractivity contribution is 0.0409. The van der Waals surface area contributed by atoms with Crippen molar-refractivity contribution in [2.75, 3.05) is 0 Å². The van der Waals surface area contributed by atoms with Crippen molar-refractivity contribution >= 4 is 5.78 Å². The minimum absolute atomic E-state index is 0.242. The molecule has 0 radical (unpaired) electrons. The van der Waals surface area contributed by atoms with Gasteiger partial charge in [0, 0.05) is 12.0 Å². The maximum Gasteiger partial charge on any atom is 0.194 e. The molecular formula is C17H18O2. The molecule has 0 heterocycles. The van der Waals surface area contributed by atoms with Gasteiger partial charge in [-0.3, -0.25) is 4.79 Å². The Balaban J connectivity index is 2.18. The van der Waals surface area contributed by atoms with E-state index in [1.54, 1.807) is 31.2 Å². The van der Waals surface area contributed by atoms with E-state index in [1.807, 2.05) is 37.3 Å². The summed E-state index contributed by atoms with van der Waals surface area (Å²) >= 11 is 0. The van der Waals surface area contributed by atoms with Crippen LogP contribution in [0.1, 0.15) is 28.4 Å². The quantitative estimate of drug-likeness (QED) is 0.851. The van der Waals surface area contributed by atoms with Crippen LogP contribution in [0.25, 0.3) is 0 Å². The zero-order chi connectivity index (χ0) is 13.9. The first-order chi connectivity index (χ1) is 8.99. The van der Waals surface area contributed by atoms with Gasteiger partial charge in [0.05, 0.1) is 0 Å². The highest BCUT2D eigenvalue weighted by atomic mass is 16.3. The number of hydrogen-bond donors (Lipinski definition) is 1. The second kappa shape index (κ2) is 5.37. The molecule has 0 fully saturated rings. The van der Waals surface area contributed by atoms with Crippen LogP contribution in [-0.4, -0.2) is 16.5 Å². The first-order valence-corrected chi connectivity index (χ1v) is 6.37. The average molecular weight is 254 g/mol. The van der Waals surface area contributed by atoms with E-state index in [0.29, 0.717) is 12.0 Å². The Morgan fingerprint density at radius 1 is 1.05 bits per heavy atom. The van der Waals surface area contributed by atoms with Crippen molar-refractivity contribution in [3.63, 3.8) is 0 Å². The van der Waals surface area contributed by atoms with E-state index >= 15 is 0 Å². The van der Waals surface area contributed by atoms with Gasteiger partial charge in [-0.15, -0.1) is 0 Å². The van der Waals surface area contributed by atoms with Crippen LogP contribution in [0.4, 0.5) is 0 Å². The maximum absolute atomic E-state index is 12.3. The predicted octanol–water partition coefficient (Wildman–Crippen LogP) is 3.17. The topological polar surface area (TPSA) is 37.3 Å². The summed E-state index contributed by atoms with van der Waals surface area (Å²) in [4.78, 5) is 12.3. The van der Waals surface area contributed by atoms with E-state index in [0.717, 1.165) is 11.1 Å². The molecule has 2 heteroatoms. The van der Waals surface area contributed by atoms with E-state index in [1.165, 1.54) is 0 Å². The standard InChI is InChI=1S/C17H18O2/c1-13-8-10-14(11-9-13)12-17(2,19)16(18)15-6-4-3-5-7-15/h3-11,19H,12H2,1-2H3. The van der Waals surface area contributed by atoms with Crippen molar-refractivity contribution in [3.8, 4) is 0 Å². The molecule has 2 aromatic rings. The molecule has 1 unspecified atom stereocenters. The number of aliphatic hydroxyl groups is 1. The second-order valence-corrected chi connectivity index (χ2v) is 5.13. The number of hydrogen-bond acceptors (Lipinski definition) is 2. The summed E-state index contributed by atoms with van der Waals surface area (Å²) in [6, 6.07) is 16.8. The highest BCUT2D eigenvalue weighted by Gasteiger charge is 2.31. The molecule has 2 nitrogen and oxygen atoms in total. The third kappa shape index (κ3) is 3.30. The predicted molar refractivity (Wildman–Crippen MR) is 76.3 cm³/mol. The van der Waals surface area contributed by atoms with Gasteiger partial charge in [-0.2, -0.15) is 0 Å². The van der Waals surface area contributed by atoms with Crippen LogP contribution in [0.15, 0.2) is 54.6 Å². The van der Waals surface area contributed by atoms with E-state index in [2.05, 4.69) is 0 Å². The Morgan fingerprint density at radius 3 is 2.21 bits per heavy atom. The number of carbonyl (C=O) groups excluding carboxylic acids is 1. The minimum atomic E-state index is -1.38. The highest BCUT2D eigenvalue weighted by Crippen LogP contribution is 2.19. The van der Waals surface area contributed by atoms with Crippen molar-refractivity contribution in [3.05, 3.63) is 71.3 Å². The van der Waals surface area contributed by atoms with Gasteiger partial charge in [0.1, 0.15) is 5.60 Å². The Bertz CT molecular complexity index is 554. The van der Waals surface area contributed by atoms with Crippen LogP contribution in [-0.2, 0) is 6.42 Å². The van der Waals surface area contributed by atoms with Crippen LogP contribution in [0, 0.1) is 6.92 Å². The van der Waals surface area contributed by atoms with Crippen LogP contribution in [0.2, 0.25) is 0 Å². The van der Waals surface area contributed by atoms with E-state index in [9.17, 15) is 9.90 Å². The average Bonchev–Trinajstić information content (AvgIpc) is 2.41. The Morgan fingerprint density at radius 2 is 1.63 bits per heavy atom. The van der Waals surface area contributed by atoms with E-state index in [4.69, 9.17) is 0 Å². The van der Waals surface area contributed by atoms with Gasteiger partial charge in [0.2, 0.25) is 0 Å². The third-order valence-electron chi connectivity index (χ3n) is 3.19. The SMILES string of the molecule is Cc1ccc(CC(C)(O)C(=O)c2ccccc2)cc1. The molecule has 0 spiro atoms. The first-order valence-electron chi connectivity index (χ1n) is 6.37. The number of Topliss-reactive ketones (excluding diaryl/α,β-unsaturated/α-hetero) is 1. The molecular weight excluding hydrogens is 236 g/mol. The highest BCUT2D eigenvalue weighted by molar-refractivity contribution is 6.02. The largest absolute Gasteiger partial charge is 0.382 e. The maximum atomic E-state index is 12.3. The lowest BCUT2D eigenvalue weighted by atomic mass is 9.88. The number of aryl methyl sites for hydroxylation is 1. The normalized spacial score (nSPS) is 13.8. The monoisotopic (exact) mass is 254 g/mol. The van der Waals surface area contributed by atoms with Gasteiger partial charge in [-0.05, 0) is 19.4 Å². The van der Waals surface area contributed by atoms with E-state index in [-0.39, 0.29) is 5.78 Å². The van der Waals surface area contributed by atoms with Crippen LogP contribution >= 0.6 is 0 Å². The molecule has 0 aromatic heterocycles. The summed E-state index contributed by atoms with van der Waals surface area (Å²) in [5, 5.41) is 10.4. The summed E-state index contributed by atoms with van der Waals surface area (Å²) in [6.07, 6.45) is 0.320. The molecule has 0 aliphatic carbocycles. The smallest absolute Gasteiger partial charge is 0.194 e. The van der Waals surface area contributed by atoms with Crippen molar-refractivity contribution in [2.45, 2.75) is 25.9 Å². The molecule has 1 atom stereocenters. The lowest BCUT2D eigenvalue weighted by Gasteiger charge is -2.22. The fourth-order valence-corrected chi connectivity index (χ4v) is 2.08. The Kier molecular flexibility index (Phi) is 3.82. The molecule has 0 saturated heterocycles. The summed E-state index contributed by atoms with van der Waals surface area (Å²) in [5.41, 5.74) is 1.29. The van der Waals surface area contributed by atoms with Gasteiger partial charge in [0.25, 0.3) is 0 Å². The first kappa shape index (κ1) is 13.5. The van der Waals surface area contributed by atoms with Crippen LogP contribution in [0.3, 0.4) is 0 Å². The van der Waals surface area contributed by atoms with Gasteiger partial charge in [-0.25, -0.2) is 0 Å². The molecule has 2 aromatic carbocycles. The number of ketones is 1. The van der Waals surface area contributed by atoms with Crippen molar-refractivity contribution in [2.24, 2.45) is 0 Å². The van der Waals surface area contributed by atoms with E-state index < -0.39 is 5.60 Å². The van der Waals surface area contributed by atoms with Crippen molar-refractivity contribution in [1.82, 2.24) is 0 Å². The lowest BCUT2D eigenvalue weighted by Crippen LogP contribution is -2.37. The summed E-state index contributed by atoms with van der Waals surface area (Å²) in [6.45, 7) is 3.58. The summed E-state index contributed by atoms with van der Waals surface area (Å²) < 4.78 is 0. The number of rotatable bonds is 4. The van der Waals surface area contributed by atoms with Gasteiger partial charge < -0.3 is 5.11 Å². The molecule has 1 N–H and O–H groups in total. The molecule has 2 rings (SSSR count). The second-order valence-electron chi connectivity index (χ2n) is 5.13. The third-order valence-corrected chi connectivity index (χ3v) is 3.19. The number of benzene rings is 2. The summed E-state index contributed by atoms with van der Waals surface area (Å²) in [5.74, 6) is -0.242.